The highest BCUT2D eigenvalue weighted by Gasteiger charge is 2.16. The molecule has 0 aliphatic rings. The van der Waals surface area contributed by atoms with Crippen LogP contribution in [-0.2, 0) is 4.74 Å². The highest BCUT2D eigenvalue weighted by molar-refractivity contribution is 6.13. The maximum Gasteiger partial charge on any atom is 0.434 e. The number of rotatable bonds is 3. The highest BCUT2D eigenvalue weighted by Crippen LogP contribution is 2.09. The number of carbonyl (C=O) groups excluding carboxylic acids is 1. The summed E-state index contributed by atoms with van der Waals surface area (Å²) in [7, 11) is 0. The Morgan fingerprint density at radius 3 is 2.31 bits per heavy atom. The Balaban J connectivity index is 4.87. The average molecular weight is 221 g/mol. The van der Waals surface area contributed by atoms with Crippen LogP contribution in [0.15, 0.2) is 42.0 Å². The van der Waals surface area contributed by atoms with Gasteiger partial charge < -0.3 is 4.74 Å². The van der Waals surface area contributed by atoms with Gasteiger partial charge in [-0.1, -0.05) is 25.3 Å². The Bertz CT molecular complexity index is 343. The number of carbonyl (C=O) groups is 1. The van der Waals surface area contributed by atoms with Crippen LogP contribution < -0.4 is 0 Å². The van der Waals surface area contributed by atoms with Gasteiger partial charge >= 0.3 is 6.09 Å². The molecule has 0 radical (unpaired) electrons. The van der Waals surface area contributed by atoms with Crippen LogP contribution in [-0.4, -0.2) is 17.4 Å². The predicted molar refractivity (Wildman–Crippen MR) is 67.8 cm³/mol. The summed E-state index contributed by atoms with van der Waals surface area (Å²) in [6.07, 6.45) is 4.39. The van der Waals surface area contributed by atoms with E-state index < -0.39 is 11.7 Å². The number of amides is 1. The smallest absolute Gasteiger partial charge is 0.434 e. The van der Waals surface area contributed by atoms with Gasteiger partial charge in [0.1, 0.15) is 5.60 Å². The lowest BCUT2D eigenvalue weighted by Crippen LogP contribution is -2.22. The topological polar surface area (TPSA) is 38.7 Å². The largest absolute Gasteiger partial charge is 0.442 e. The van der Waals surface area contributed by atoms with Crippen molar-refractivity contribution < 1.29 is 9.53 Å². The molecule has 0 aromatic rings. The molecule has 0 aromatic carbocycles. The number of hydrogen-bond acceptors (Lipinski definition) is 2. The monoisotopic (exact) mass is 221 g/mol. The molecule has 0 aromatic heterocycles. The van der Waals surface area contributed by atoms with Crippen molar-refractivity contribution in [3.8, 4) is 0 Å². The molecule has 0 fully saturated rings. The minimum atomic E-state index is -0.622. The van der Waals surface area contributed by atoms with Gasteiger partial charge in [0.2, 0.25) is 0 Å². The van der Waals surface area contributed by atoms with E-state index in [4.69, 9.17) is 4.74 Å². The van der Waals surface area contributed by atoms with Gasteiger partial charge in [0.05, 0.1) is 5.71 Å². The molecule has 0 aliphatic carbocycles. The summed E-state index contributed by atoms with van der Waals surface area (Å²) >= 11 is 0. The number of ether oxygens (including phenoxy) is 1. The molecule has 3 nitrogen and oxygen atoms in total. The second kappa shape index (κ2) is 6.05. The molecule has 0 unspecified atom stereocenters. The molecule has 88 valence electrons. The summed E-state index contributed by atoms with van der Waals surface area (Å²) in [6, 6.07) is 0. The number of hydrogen-bond donors (Lipinski definition) is 0. The first kappa shape index (κ1) is 14.4. The summed E-state index contributed by atoms with van der Waals surface area (Å²) in [5, 5.41) is 0. The first-order valence-electron chi connectivity index (χ1n) is 5.06. The van der Waals surface area contributed by atoms with Gasteiger partial charge in [-0.3, -0.25) is 0 Å². The quantitative estimate of drug-likeness (QED) is 0.538. The molecule has 16 heavy (non-hydrogen) atoms. The first-order valence-corrected chi connectivity index (χ1v) is 5.06. The van der Waals surface area contributed by atoms with E-state index in [0.717, 1.165) is 0 Å². The molecule has 0 saturated carbocycles. The zero-order chi connectivity index (χ0) is 12.8. The van der Waals surface area contributed by atoms with Crippen molar-refractivity contribution in [2.75, 3.05) is 0 Å². The molecule has 3 heteroatoms. The van der Waals surface area contributed by atoms with E-state index >= 15 is 0 Å². The normalized spacial score (nSPS) is 12.6. The van der Waals surface area contributed by atoms with Crippen LogP contribution in [0.5, 0.6) is 0 Å². The van der Waals surface area contributed by atoms with E-state index in [1.807, 2.05) is 6.92 Å². The fourth-order valence-corrected chi connectivity index (χ4v) is 0.862. The second-order valence-corrected chi connectivity index (χ2v) is 4.21. The third kappa shape index (κ3) is 5.96. The van der Waals surface area contributed by atoms with Crippen LogP contribution in [0.4, 0.5) is 4.79 Å². The molecule has 0 rings (SSSR count). The molecular weight excluding hydrogens is 202 g/mol. The Hall–Kier alpha value is -1.64. The molecule has 0 saturated heterocycles. The molecule has 0 spiro atoms. The van der Waals surface area contributed by atoms with Crippen molar-refractivity contribution in [1.82, 2.24) is 0 Å². The van der Waals surface area contributed by atoms with Gasteiger partial charge in [0.15, 0.2) is 0 Å². The van der Waals surface area contributed by atoms with Crippen molar-refractivity contribution in [1.29, 1.82) is 0 Å². The van der Waals surface area contributed by atoms with E-state index in [0.29, 0.717) is 11.3 Å². The van der Waals surface area contributed by atoms with Gasteiger partial charge in [0.25, 0.3) is 0 Å². The average Bonchev–Trinajstić information content (AvgIpc) is 2.13. The highest BCUT2D eigenvalue weighted by atomic mass is 16.6. The third-order valence-corrected chi connectivity index (χ3v) is 1.51. The van der Waals surface area contributed by atoms with Crippen LogP contribution in [0.3, 0.4) is 0 Å². The number of allylic oxidation sites excluding steroid dienone is 4. The van der Waals surface area contributed by atoms with E-state index in [2.05, 4.69) is 18.2 Å². The Morgan fingerprint density at radius 2 is 1.94 bits per heavy atom. The van der Waals surface area contributed by atoms with Crippen LogP contribution in [0, 0.1) is 0 Å². The zero-order valence-corrected chi connectivity index (χ0v) is 10.4. The molecule has 0 aliphatic heterocycles. The summed E-state index contributed by atoms with van der Waals surface area (Å²) in [5.41, 5.74) is 0.507. The maximum absolute atomic E-state index is 11.4. The van der Waals surface area contributed by atoms with E-state index in [1.165, 1.54) is 0 Å². The zero-order valence-electron chi connectivity index (χ0n) is 10.4. The summed E-state index contributed by atoms with van der Waals surface area (Å²) in [6.45, 7) is 14.5. The van der Waals surface area contributed by atoms with Crippen LogP contribution in [0.2, 0.25) is 0 Å². The van der Waals surface area contributed by atoms with Crippen molar-refractivity contribution in [3.05, 3.63) is 37.0 Å². The van der Waals surface area contributed by atoms with Crippen LogP contribution in [0.25, 0.3) is 0 Å². The predicted octanol–water partition coefficient (Wildman–Crippen LogP) is 3.68. The standard InChI is InChI=1S/C13H19NO2/c1-7-9-11(10(3)8-2)14-12(15)16-13(4,5)6/h7-9H,2-3H2,1,4-6H3/b9-7-,14-11?. The maximum atomic E-state index is 11.4. The van der Waals surface area contributed by atoms with Gasteiger partial charge in [0, 0.05) is 0 Å². The fourth-order valence-electron chi connectivity index (χ4n) is 0.862. The minimum Gasteiger partial charge on any atom is -0.442 e. The van der Waals surface area contributed by atoms with Crippen molar-refractivity contribution in [2.24, 2.45) is 4.99 Å². The second-order valence-electron chi connectivity index (χ2n) is 4.21. The first-order chi connectivity index (χ1) is 7.30. The Labute approximate surface area is 97.2 Å². The number of aliphatic imine (C=N–C) groups is 1. The van der Waals surface area contributed by atoms with E-state index in [-0.39, 0.29) is 0 Å². The van der Waals surface area contributed by atoms with Crippen molar-refractivity contribution in [3.63, 3.8) is 0 Å². The molecule has 0 heterocycles. The van der Waals surface area contributed by atoms with Crippen LogP contribution in [0.1, 0.15) is 27.7 Å². The Morgan fingerprint density at radius 1 is 1.38 bits per heavy atom. The van der Waals surface area contributed by atoms with Gasteiger partial charge in [-0.2, -0.15) is 4.99 Å². The van der Waals surface area contributed by atoms with Gasteiger partial charge in [-0.05, 0) is 39.3 Å². The summed E-state index contributed by atoms with van der Waals surface area (Å²) in [4.78, 5) is 15.3. The molecule has 1 amide bonds. The lowest BCUT2D eigenvalue weighted by molar-refractivity contribution is 0.0604. The van der Waals surface area contributed by atoms with Crippen molar-refractivity contribution >= 4 is 11.8 Å². The molecule has 0 N–H and O–H groups in total. The van der Waals surface area contributed by atoms with Gasteiger partial charge in [-0.25, -0.2) is 4.79 Å². The Kier molecular flexibility index (Phi) is 5.43. The molecule has 0 atom stereocenters. The molecule has 0 bridgehead atoms. The molecular formula is C13H19NO2. The minimum absolute atomic E-state index is 0.465. The van der Waals surface area contributed by atoms with Crippen LogP contribution >= 0.6 is 0 Å². The third-order valence-electron chi connectivity index (χ3n) is 1.51. The van der Waals surface area contributed by atoms with E-state index in [9.17, 15) is 4.79 Å². The lowest BCUT2D eigenvalue weighted by atomic mass is 10.1. The lowest BCUT2D eigenvalue weighted by Gasteiger charge is -2.17. The number of nitrogens with zero attached hydrogens (tertiary/aromatic N) is 1. The SMILES string of the molecule is C=CC(=C)C(/C=C\C)=NC(=O)OC(C)(C)C. The fraction of sp³-hybridized carbons (Fsp3) is 0.385. The van der Waals surface area contributed by atoms with E-state index in [1.54, 1.807) is 39.0 Å². The summed E-state index contributed by atoms with van der Waals surface area (Å²) in [5.74, 6) is 0. The van der Waals surface area contributed by atoms with Gasteiger partial charge in [-0.15, -0.1) is 0 Å². The summed E-state index contributed by atoms with van der Waals surface area (Å²) < 4.78 is 5.07. The van der Waals surface area contributed by atoms with Crippen molar-refractivity contribution in [2.45, 2.75) is 33.3 Å².